The number of rotatable bonds is 8. The highest BCUT2D eigenvalue weighted by atomic mass is 32.2. The monoisotopic (exact) mass is 424 g/mol. The van der Waals surface area contributed by atoms with E-state index in [0.717, 1.165) is 38.5 Å². The van der Waals surface area contributed by atoms with Gasteiger partial charge in [0.05, 0.1) is 16.4 Å². The molecule has 3 aromatic rings. The maximum atomic E-state index is 10.5. The molecule has 5 heteroatoms. The maximum absolute atomic E-state index is 10.5. The number of β-amino-alcohol motifs (C(OH)–C–C–N with tert-alkyl or cyclic N) is 1. The predicted molar refractivity (Wildman–Crippen MR) is 124 cm³/mol. The van der Waals surface area contributed by atoms with E-state index in [-0.39, 0.29) is 6.10 Å². The van der Waals surface area contributed by atoms with Gasteiger partial charge < -0.3 is 5.11 Å². The second kappa shape index (κ2) is 10.4. The normalized spacial score (nSPS) is 16.9. The topological polar surface area (TPSA) is 26.7 Å². The van der Waals surface area contributed by atoms with E-state index >= 15 is 0 Å². The van der Waals surface area contributed by atoms with E-state index in [4.69, 9.17) is 0 Å². The van der Waals surface area contributed by atoms with E-state index in [2.05, 4.69) is 88.0 Å². The Morgan fingerprint density at radius 3 is 2.00 bits per heavy atom. The minimum atomic E-state index is -0.285. The fraction of sp³-hybridized carbons (Fsp3) is 0.333. The average molecular weight is 425 g/mol. The molecule has 0 aliphatic carbocycles. The Balaban J connectivity index is 1.34. The van der Waals surface area contributed by atoms with Gasteiger partial charge >= 0.3 is 0 Å². The number of benzene rings is 2. The molecule has 1 fully saturated rings. The zero-order chi connectivity index (χ0) is 19.9. The predicted octanol–water partition coefficient (Wildman–Crippen LogP) is 4.61. The molecule has 152 valence electrons. The number of hydrogen-bond acceptors (Lipinski definition) is 5. The molecule has 0 bridgehead atoms. The number of nitrogens with zero attached hydrogens (tertiary/aromatic N) is 2. The van der Waals surface area contributed by atoms with Gasteiger partial charge in [0.25, 0.3) is 0 Å². The summed E-state index contributed by atoms with van der Waals surface area (Å²) in [5.74, 6) is 0.761. The molecule has 1 aliphatic rings. The lowest BCUT2D eigenvalue weighted by Gasteiger charge is -2.40. The van der Waals surface area contributed by atoms with Crippen LogP contribution in [0.1, 0.15) is 17.2 Å². The average Bonchev–Trinajstić information content (AvgIpc) is 3.29. The summed E-state index contributed by atoms with van der Waals surface area (Å²) in [5.41, 5.74) is 2.69. The van der Waals surface area contributed by atoms with Crippen LogP contribution in [0.4, 0.5) is 0 Å². The molecule has 2 aromatic carbocycles. The number of hydrogen-bond donors (Lipinski definition) is 1. The van der Waals surface area contributed by atoms with Crippen molar-refractivity contribution in [2.75, 3.05) is 38.5 Å². The van der Waals surface area contributed by atoms with Crippen LogP contribution in [0.3, 0.4) is 0 Å². The minimum absolute atomic E-state index is 0.285. The van der Waals surface area contributed by atoms with E-state index in [0.29, 0.717) is 6.04 Å². The quantitative estimate of drug-likeness (QED) is 0.534. The van der Waals surface area contributed by atoms with Gasteiger partial charge in [-0.05, 0) is 22.6 Å². The first-order valence-corrected chi connectivity index (χ1v) is 12.1. The second-order valence-electron chi connectivity index (χ2n) is 7.46. The molecule has 0 saturated carbocycles. The summed E-state index contributed by atoms with van der Waals surface area (Å²) < 4.78 is 1.28. The minimum Gasteiger partial charge on any atom is -0.391 e. The zero-order valence-electron chi connectivity index (χ0n) is 16.6. The fourth-order valence-electron chi connectivity index (χ4n) is 3.96. The van der Waals surface area contributed by atoms with Crippen LogP contribution < -0.4 is 0 Å². The lowest BCUT2D eigenvalue weighted by Crippen LogP contribution is -2.49. The van der Waals surface area contributed by atoms with Gasteiger partial charge in [-0.25, -0.2) is 0 Å². The van der Waals surface area contributed by atoms with Crippen LogP contribution in [0.15, 0.2) is 82.4 Å². The van der Waals surface area contributed by atoms with Crippen molar-refractivity contribution in [3.8, 4) is 0 Å². The first-order chi connectivity index (χ1) is 14.3. The standard InChI is InChI=1S/C24H28N2OS2/c27-22(19-29-23-12-7-17-28-23)18-25-13-15-26(16-14-25)24(20-8-3-1-4-9-20)21-10-5-2-6-11-21/h1-12,17,22,24,27H,13-16,18-19H2. The van der Waals surface area contributed by atoms with Gasteiger partial charge in [0.1, 0.15) is 0 Å². The third kappa shape index (κ3) is 5.71. The Morgan fingerprint density at radius 1 is 0.828 bits per heavy atom. The van der Waals surface area contributed by atoms with Crippen molar-refractivity contribution in [3.05, 3.63) is 89.3 Å². The number of aliphatic hydroxyl groups is 1. The van der Waals surface area contributed by atoms with E-state index in [1.165, 1.54) is 15.3 Å². The third-order valence-corrected chi connectivity index (χ3v) is 7.66. The van der Waals surface area contributed by atoms with Gasteiger partial charge in [-0.2, -0.15) is 0 Å². The van der Waals surface area contributed by atoms with Crippen LogP contribution in [-0.4, -0.2) is 59.5 Å². The second-order valence-corrected chi connectivity index (χ2v) is 9.73. The van der Waals surface area contributed by atoms with E-state index in [1.54, 1.807) is 23.1 Å². The van der Waals surface area contributed by atoms with Crippen LogP contribution in [-0.2, 0) is 0 Å². The molecule has 1 unspecified atom stereocenters. The lowest BCUT2D eigenvalue weighted by molar-refractivity contribution is 0.0708. The summed E-state index contributed by atoms with van der Waals surface area (Å²) in [5, 5.41) is 12.5. The Kier molecular flexibility index (Phi) is 7.41. The molecule has 3 nitrogen and oxygen atoms in total. The van der Waals surface area contributed by atoms with Crippen LogP contribution in [0.2, 0.25) is 0 Å². The summed E-state index contributed by atoms with van der Waals surface area (Å²) in [7, 11) is 0. The van der Waals surface area contributed by atoms with Crippen LogP contribution in [0.5, 0.6) is 0 Å². The summed E-state index contributed by atoms with van der Waals surface area (Å²) in [6.07, 6.45) is -0.285. The number of aliphatic hydroxyl groups excluding tert-OH is 1. The largest absolute Gasteiger partial charge is 0.391 e. The van der Waals surface area contributed by atoms with Crippen molar-refractivity contribution in [1.29, 1.82) is 0 Å². The molecular formula is C24H28N2OS2. The van der Waals surface area contributed by atoms with Gasteiger partial charge in [0.2, 0.25) is 0 Å². The smallest absolute Gasteiger partial charge is 0.0761 e. The molecule has 1 aromatic heterocycles. The maximum Gasteiger partial charge on any atom is 0.0761 e. The van der Waals surface area contributed by atoms with Crippen LogP contribution in [0.25, 0.3) is 0 Å². The zero-order valence-corrected chi connectivity index (χ0v) is 18.2. The molecule has 0 spiro atoms. The van der Waals surface area contributed by atoms with E-state index in [1.807, 2.05) is 0 Å². The van der Waals surface area contributed by atoms with Gasteiger partial charge in [-0.3, -0.25) is 9.80 Å². The Morgan fingerprint density at radius 2 is 1.45 bits per heavy atom. The van der Waals surface area contributed by atoms with Gasteiger partial charge in [0.15, 0.2) is 0 Å². The molecule has 1 saturated heterocycles. The highest BCUT2D eigenvalue weighted by Gasteiger charge is 2.27. The van der Waals surface area contributed by atoms with E-state index in [9.17, 15) is 5.11 Å². The Hall–Kier alpha value is -1.63. The lowest BCUT2D eigenvalue weighted by atomic mass is 9.96. The van der Waals surface area contributed by atoms with E-state index < -0.39 is 0 Å². The third-order valence-electron chi connectivity index (χ3n) is 5.38. The van der Waals surface area contributed by atoms with Crippen molar-refractivity contribution in [3.63, 3.8) is 0 Å². The summed E-state index contributed by atoms with van der Waals surface area (Å²) in [4.78, 5) is 4.98. The van der Waals surface area contributed by atoms with Crippen molar-refractivity contribution in [1.82, 2.24) is 9.80 Å². The fourth-order valence-corrected chi connectivity index (χ4v) is 5.69. The summed E-state index contributed by atoms with van der Waals surface area (Å²) in [6, 6.07) is 26.1. The highest BCUT2D eigenvalue weighted by Crippen LogP contribution is 2.29. The number of thiophene rings is 1. The van der Waals surface area contributed by atoms with Crippen molar-refractivity contribution >= 4 is 23.1 Å². The molecule has 0 amide bonds. The molecule has 2 heterocycles. The molecular weight excluding hydrogens is 396 g/mol. The molecule has 29 heavy (non-hydrogen) atoms. The van der Waals surface area contributed by atoms with Crippen molar-refractivity contribution in [2.45, 2.75) is 16.4 Å². The molecule has 0 radical (unpaired) electrons. The van der Waals surface area contributed by atoms with Crippen LogP contribution in [0, 0.1) is 0 Å². The van der Waals surface area contributed by atoms with Crippen molar-refractivity contribution < 1.29 is 5.11 Å². The molecule has 4 rings (SSSR count). The van der Waals surface area contributed by atoms with Crippen molar-refractivity contribution in [2.24, 2.45) is 0 Å². The summed E-state index contributed by atoms with van der Waals surface area (Å²) >= 11 is 3.50. The van der Waals surface area contributed by atoms with Gasteiger partial charge in [-0.1, -0.05) is 66.7 Å². The SMILES string of the molecule is OC(CSc1cccs1)CN1CCN(C(c2ccccc2)c2ccccc2)CC1. The van der Waals surface area contributed by atoms with Gasteiger partial charge in [-0.15, -0.1) is 23.1 Å². The highest BCUT2D eigenvalue weighted by molar-refractivity contribution is 8.01. The van der Waals surface area contributed by atoms with Gasteiger partial charge in [0, 0.05) is 38.5 Å². The summed E-state index contributed by atoms with van der Waals surface area (Å²) in [6.45, 7) is 4.78. The Labute approximate surface area is 182 Å². The number of thioether (sulfide) groups is 1. The molecule has 1 atom stereocenters. The first kappa shape index (κ1) is 20.6. The van der Waals surface area contributed by atoms with Crippen LogP contribution >= 0.6 is 23.1 Å². The molecule has 1 aliphatic heterocycles. The first-order valence-electron chi connectivity index (χ1n) is 10.2. The molecule has 1 N–H and O–H groups in total. The number of piperazine rings is 1. The Bertz CT molecular complexity index is 794.